The predicted molar refractivity (Wildman–Crippen MR) is 101 cm³/mol. The lowest BCUT2D eigenvalue weighted by Crippen LogP contribution is -2.39. The molecule has 0 spiro atoms. The number of carbonyl (C=O) groups excluding carboxylic acids is 1. The third-order valence-corrected chi connectivity index (χ3v) is 8.72. The van der Waals surface area contributed by atoms with Crippen molar-refractivity contribution in [1.29, 1.82) is 0 Å². The van der Waals surface area contributed by atoms with Crippen LogP contribution in [-0.4, -0.2) is 29.4 Å². The first-order chi connectivity index (χ1) is 11.5. The Morgan fingerprint density at radius 3 is 1.75 bits per heavy atom. The minimum absolute atomic E-state index is 0.323. The van der Waals surface area contributed by atoms with E-state index in [1.807, 2.05) is 74.5 Å². The quantitative estimate of drug-likeness (QED) is 0.655. The maximum Gasteiger partial charge on any atom is 0.167 e. The van der Waals surface area contributed by atoms with Crippen LogP contribution in [-0.2, 0) is 4.79 Å². The molecule has 5 heteroatoms. The Balaban J connectivity index is 2.10. The summed E-state index contributed by atoms with van der Waals surface area (Å²) in [6.45, 7) is 5.47. The molecule has 2 aromatic carbocycles. The normalized spacial score (nSPS) is 17.1. The van der Waals surface area contributed by atoms with Crippen molar-refractivity contribution in [3.05, 3.63) is 60.7 Å². The number of para-hydroxylation sites is 2. The summed E-state index contributed by atoms with van der Waals surface area (Å²) in [6, 6.07) is 20.0. The van der Waals surface area contributed by atoms with E-state index in [0.29, 0.717) is 6.42 Å². The molecule has 1 radical (unpaired) electrons. The lowest BCUT2D eigenvalue weighted by molar-refractivity contribution is -0.108. The van der Waals surface area contributed by atoms with E-state index < -0.39 is 12.9 Å². The van der Waals surface area contributed by atoms with E-state index >= 15 is 0 Å². The maximum absolute atomic E-state index is 12.0. The Morgan fingerprint density at radius 2 is 1.38 bits per heavy atom. The van der Waals surface area contributed by atoms with Crippen LogP contribution in [0.25, 0.3) is 0 Å². The van der Waals surface area contributed by atoms with Crippen LogP contribution in [0.3, 0.4) is 0 Å². The summed E-state index contributed by atoms with van der Waals surface area (Å²) in [5.41, 5.74) is 2.01. The Hall–Kier alpha value is -1.90. The summed E-state index contributed by atoms with van der Waals surface area (Å²) in [7, 11) is -2.77. The van der Waals surface area contributed by atoms with Gasteiger partial charge >= 0.3 is 0 Å². The van der Waals surface area contributed by atoms with E-state index in [2.05, 4.69) is 9.34 Å². The van der Waals surface area contributed by atoms with Crippen molar-refractivity contribution in [3.8, 4) is 0 Å². The van der Waals surface area contributed by atoms with E-state index in [4.69, 9.17) is 0 Å². The van der Waals surface area contributed by atoms with Gasteiger partial charge in [-0.25, -0.2) is 0 Å². The molecule has 3 rings (SSSR count). The lowest BCUT2D eigenvalue weighted by Gasteiger charge is -2.51. The number of hydrogen-bond donors (Lipinski definition) is 1. The van der Waals surface area contributed by atoms with Gasteiger partial charge in [0.05, 0.1) is 0 Å². The van der Waals surface area contributed by atoms with E-state index in [1.54, 1.807) is 0 Å². The van der Waals surface area contributed by atoms with Crippen molar-refractivity contribution in [1.82, 2.24) is 0 Å². The van der Waals surface area contributed by atoms with Gasteiger partial charge in [0.25, 0.3) is 0 Å². The molecule has 4 nitrogen and oxygen atoms in total. The topological polar surface area (TPSA) is 43.8 Å². The summed E-state index contributed by atoms with van der Waals surface area (Å²) < 4.78 is 4.23. The number of benzene rings is 2. The van der Waals surface area contributed by atoms with Crippen molar-refractivity contribution in [2.75, 3.05) is 22.4 Å². The molecule has 2 aromatic rings. The van der Waals surface area contributed by atoms with Crippen LogP contribution in [0, 0.1) is 0 Å². The number of nitrogens with zero attached hydrogens (tertiary/aromatic N) is 2. The fourth-order valence-electron chi connectivity index (χ4n) is 3.36. The lowest BCUT2D eigenvalue weighted by atomic mass is 10.1. The van der Waals surface area contributed by atoms with E-state index in [1.165, 1.54) is 0 Å². The molecule has 0 amide bonds. The highest BCUT2D eigenvalue weighted by Crippen LogP contribution is 2.75. The zero-order valence-corrected chi connectivity index (χ0v) is 15.1. The summed E-state index contributed by atoms with van der Waals surface area (Å²) in [5, 5.41) is -0.531. The molecule has 0 aliphatic carbocycles. The van der Waals surface area contributed by atoms with Crippen LogP contribution < -0.4 is 9.34 Å². The third-order valence-electron chi connectivity index (χ3n) is 4.70. The summed E-state index contributed by atoms with van der Waals surface area (Å²) in [5.74, 6) is 0. The number of aldehydes is 1. The van der Waals surface area contributed by atoms with Gasteiger partial charge in [-0.1, -0.05) is 50.2 Å². The maximum atomic E-state index is 12.0. The Labute approximate surface area is 144 Å². The molecule has 0 unspecified atom stereocenters. The Morgan fingerprint density at radius 1 is 0.958 bits per heavy atom. The van der Waals surface area contributed by atoms with Crippen molar-refractivity contribution < 1.29 is 9.69 Å². The van der Waals surface area contributed by atoms with E-state index in [9.17, 15) is 9.69 Å². The molecule has 0 aromatic heterocycles. The molecule has 1 saturated heterocycles. The molecular formula is C19H24N2O2P. The highest BCUT2D eigenvalue weighted by Gasteiger charge is 2.54. The highest BCUT2D eigenvalue weighted by atomic mass is 31.2. The zero-order chi connectivity index (χ0) is 17.2. The minimum Gasteiger partial charge on any atom is -0.345 e. The highest BCUT2D eigenvalue weighted by molar-refractivity contribution is 7.75. The second kappa shape index (κ2) is 6.54. The number of carbonyl (C=O) groups is 1. The van der Waals surface area contributed by atoms with Crippen molar-refractivity contribution in [3.63, 3.8) is 0 Å². The first kappa shape index (κ1) is 16.9. The largest absolute Gasteiger partial charge is 0.345 e. The second-order valence-electron chi connectivity index (χ2n) is 6.67. The predicted octanol–water partition coefficient (Wildman–Crippen LogP) is 4.14. The smallest absolute Gasteiger partial charge is 0.167 e. The summed E-state index contributed by atoms with van der Waals surface area (Å²) >= 11 is 0. The summed E-state index contributed by atoms with van der Waals surface area (Å²) in [6.07, 6.45) is 1.24. The standard InChI is InChI=1S/C19H24N2O2P/c1-19(2,13-16-22)24(23)20(17-9-5-3-6-10-17)14-15-21(24)18-11-7-4-8-12-18/h3-12,16,23H,13-15H2,1-2H3. The van der Waals surface area contributed by atoms with Crippen LogP contribution in [0.4, 0.5) is 11.4 Å². The van der Waals surface area contributed by atoms with Crippen LogP contribution >= 0.6 is 7.79 Å². The van der Waals surface area contributed by atoms with Crippen LogP contribution in [0.2, 0.25) is 0 Å². The molecule has 0 saturated carbocycles. The van der Waals surface area contributed by atoms with Gasteiger partial charge in [-0.2, -0.15) is 0 Å². The van der Waals surface area contributed by atoms with Gasteiger partial charge in [-0.3, -0.25) is 0 Å². The average Bonchev–Trinajstić information content (AvgIpc) is 2.95. The monoisotopic (exact) mass is 343 g/mol. The van der Waals surface area contributed by atoms with Gasteiger partial charge in [-0.15, -0.1) is 0 Å². The van der Waals surface area contributed by atoms with Gasteiger partial charge < -0.3 is 19.0 Å². The number of rotatable bonds is 5. The van der Waals surface area contributed by atoms with E-state index in [-0.39, 0.29) is 0 Å². The van der Waals surface area contributed by atoms with Crippen LogP contribution in [0.1, 0.15) is 20.3 Å². The molecule has 1 N–H and O–H groups in total. The SMILES string of the molecule is CC(C)(CC=O)[P]1(O)N(c2ccccc2)CCN1c1ccccc1. The first-order valence-corrected chi connectivity index (χ1v) is 9.87. The molecule has 1 heterocycles. The number of hydrogen-bond acceptors (Lipinski definition) is 4. The molecule has 24 heavy (non-hydrogen) atoms. The Kier molecular flexibility index (Phi) is 4.62. The Bertz CT molecular complexity index is 644. The molecular weight excluding hydrogens is 319 g/mol. The molecule has 0 atom stereocenters. The van der Waals surface area contributed by atoms with Crippen molar-refractivity contribution >= 4 is 25.5 Å². The van der Waals surface area contributed by atoms with Crippen LogP contribution in [0.15, 0.2) is 60.7 Å². The third kappa shape index (κ3) is 2.70. The van der Waals surface area contributed by atoms with Gasteiger partial charge in [0.15, 0.2) is 7.79 Å². The fourth-order valence-corrected chi connectivity index (χ4v) is 6.89. The van der Waals surface area contributed by atoms with E-state index in [0.717, 1.165) is 30.8 Å². The molecule has 127 valence electrons. The van der Waals surface area contributed by atoms with Crippen molar-refractivity contribution in [2.24, 2.45) is 0 Å². The second-order valence-corrected chi connectivity index (χ2v) is 9.98. The van der Waals surface area contributed by atoms with Gasteiger partial charge in [0.2, 0.25) is 0 Å². The van der Waals surface area contributed by atoms with Crippen molar-refractivity contribution in [2.45, 2.75) is 25.4 Å². The molecule has 1 aliphatic rings. The molecule has 0 bridgehead atoms. The first-order valence-electron chi connectivity index (χ1n) is 8.22. The minimum atomic E-state index is -2.77. The van der Waals surface area contributed by atoms with Gasteiger partial charge in [-0.05, 0) is 24.3 Å². The summed E-state index contributed by atoms with van der Waals surface area (Å²) in [4.78, 5) is 23.3. The number of anilines is 2. The van der Waals surface area contributed by atoms with Crippen LogP contribution in [0.5, 0.6) is 0 Å². The molecule has 1 aliphatic heterocycles. The zero-order valence-electron chi connectivity index (χ0n) is 14.2. The fraction of sp³-hybridized carbons (Fsp3) is 0.316. The molecule has 1 fully saturated rings. The van der Waals surface area contributed by atoms with Gasteiger partial charge in [0.1, 0.15) is 6.29 Å². The van der Waals surface area contributed by atoms with Gasteiger partial charge in [0, 0.05) is 36.0 Å². The average molecular weight is 343 g/mol.